The second kappa shape index (κ2) is 5.97. The van der Waals surface area contributed by atoms with E-state index in [1.165, 1.54) is 0 Å². The van der Waals surface area contributed by atoms with Gasteiger partial charge in [0.15, 0.2) is 6.61 Å². The van der Waals surface area contributed by atoms with Crippen LogP contribution in [0.5, 0.6) is 5.75 Å². The number of rotatable bonds is 5. The minimum Gasteiger partial charge on any atom is -0.479 e. The summed E-state index contributed by atoms with van der Waals surface area (Å²) in [6.07, 6.45) is 3.97. The van der Waals surface area contributed by atoms with Gasteiger partial charge in [-0.05, 0) is 24.3 Å². The molecule has 2 aromatic heterocycles. The van der Waals surface area contributed by atoms with Gasteiger partial charge in [-0.15, -0.1) is 0 Å². The molecule has 0 spiro atoms. The molecule has 0 unspecified atom stereocenters. The van der Waals surface area contributed by atoms with Crippen molar-refractivity contribution in [1.82, 2.24) is 9.38 Å². The Hall–Kier alpha value is -3.00. The predicted molar refractivity (Wildman–Crippen MR) is 80.1 cm³/mol. The molecule has 0 aliphatic carbocycles. The molecule has 3 aromatic rings. The molecule has 0 atom stereocenters. The topological polar surface area (TPSA) is 62.3 Å². The van der Waals surface area contributed by atoms with Gasteiger partial charge in [0.25, 0.3) is 0 Å². The van der Waals surface area contributed by atoms with Crippen LogP contribution in [-0.4, -0.2) is 16.0 Å². The Kier molecular flexibility index (Phi) is 3.70. The molecule has 0 saturated heterocycles. The fraction of sp³-hybridized carbons (Fsp3) is 0.125. The third kappa shape index (κ3) is 3.12. The van der Waals surface area contributed by atoms with E-state index >= 15 is 0 Å². The van der Waals surface area contributed by atoms with Crippen LogP contribution < -0.4 is 10.1 Å². The molecule has 5 nitrogen and oxygen atoms in total. The molecule has 0 fully saturated rings. The lowest BCUT2D eigenvalue weighted by molar-refractivity contribution is 0.368. The number of pyridine rings is 1. The monoisotopic (exact) mass is 278 g/mol. The Labute approximate surface area is 122 Å². The Morgan fingerprint density at radius 2 is 2.19 bits per heavy atom. The molecule has 1 N–H and O–H groups in total. The molecular formula is C16H14N4O. The number of nitriles is 1. The van der Waals surface area contributed by atoms with Gasteiger partial charge in [0, 0.05) is 24.1 Å². The summed E-state index contributed by atoms with van der Waals surface area (Å²) in [5, 5.41) is 11.8. The number of fused-ring (bicyclic) bond motifs is 1. The van der Waals surface area contributed by atoms with Crippen molar-refractivity contribution in [2.24, 2.45) is 0 Å². The molecule has 0 radical (unpaired) electrons. The summed E-state index contributed by atoms with van der Waals surface area (Å²) in [5.74, 6) is 0.677. The van der Waals surface area contributed by atoms with Crippen LogP contribution in [0.25, 0.3) is 5.65 Å². The van der Waals surface area contributed by atoms with Crippen molar-refractivity contribution in [3.8, 4) is 11.8 Å². The highest BCUT2D eigenvalue weighted by Crippen LogP contribution is 2.18. The van der Waals surface area contributed by atoms with E-state index in [0.29, 0.717) is 12.3 Å². The van der Waals surface area contributed by atoms with Gasteiger partial charge < -0.3 is 14.5 Å². The van der Waals surface area contributed by atoms with Crippen molar-refractivity contribution in [3.63, 3.8) is 0 Å². The molecule has 104 valence electrons. The molecule has 0 aliphatic heterocycles. The SMILES string of the molecule is N#CCOc1cccc(NCc2cn3ccccc3n2)c1. The van der Waals surface area contributed by atoms with Crippen LogP contribution in [0.4, 0.5) is 5.69 Å². The smallest absolute Gasteiger partial charge is 0.174 e. The highest BCUT2D eigenvalue weighted by Gasteiger charge is 2.01. The number of nitrogens with one attached hydrogen (secondary N) is 1. The van der Waals surface area contributed by atoms with Gasteiger partial charge in [-0.25, -0.2) is 4.98 Å². The number of anilines is 1. The first-order chi connectivity index (χ1) is 10.3. The minimum atomic E-state index is 0.0515. The summed E-state index contributed by atoms with van der Waals surface area (Å²) in [7, 11) is 0. The number of nitrogens with zero attached hydrogens (tertiary/aromatic N) is 3. The van der Waals surface area contributed by atoms with Gasteiger partial charge in [0.2, 0.25) is 0 Å². The highest BCUT2D eigenvalue weighted by atomic mass is 16.5. The van der Waals surface area contributed by atoms with Gasteiger partial charge >= 0.3 is 0 Å². The molecule has 0 amide bonds. The standard InChI is InChI=1S/C16H14N4O/c17-7-9-21-15-5-3-4-13(10-15)18-11-14-12-20-8-2-1-6-16(20)19-14/h1-6,8,10,12,18H,9,11H2. The first kappa shape index (κ1) is 13.0. The molecule has 1 aromatic carbocycles. The highest BCUT2D eigenvalue weighted by molar-refractivity contribution is 5.49. The molecule has 0 saturated carbocycles. The van der Waals surface area contributed by atoms with Crippen molar-refractivity contribution >= 4 is 11.3 Å². The molecular weight excluding hydrogens is 264 g/mol. The number of ether oxygens (including phenoxy) is 1. The average Bonchev–Trinajstić information content (AvgIpc) is 2.94. The molecule has 5 heteroatoms. The van der Waals surface area contributed by atoms with Crippen LogP contribution in [0.1, 0.15) is 5.69 Å². The van der Waals surface area contributed by atoms with E-state index in [2.05, 4.69) is 10.3 Å². The Bertz CT molecular complexity index is 755. The summed E-state index contributed by atoms with van der Waals surface area (Å²) >= 11 is 0. The van der Waals surface area contributed by atoms with E-state index < -0.39 is 0 Å². The summed E-state index contributed by atoms with van der Waals surface area (Å²) in [6.45, 7) is 0.680. The van der Waals surface area contributed by atoms with Crippen LogP contribution in [0, 0.1) is 11.3 Å². The maximum atomic E-state index is 8.52. The third-order valence-electron chi connectivity index (χ3n) is 3.02. The van der Waals surface area contributed by atoms with Crippen molar-refractivity contribution in [3.05, 3.63) is 60.6 Å². The van der Waals surface area contributed by atoms with Crippen molar-refractivity contribution in [1.29, 1.82) is 5.26 Å². The maximum absolute atomic E-state index is 8.52. The van der Waals surface area contributed by atoms with Crippen LogP contribution >= 0.6 is 0 Å². The first-order valence-electron chi connectivity index (χ1n) is 6.61. The van der Waals surface area contributed by atoms with Crippen molar-refractivity contribution in [2.45, 2.75) is 6.54 Å². The van der Waals surface area contributed by atoms with Crippen molar-refractivity contribution < 1.29 is 4.74 Å². The quantitative estimate of drug-likeness (QED) is 0.779. The zero-order chi connectivity index (χ0) is 14.5. The second-order valence-electron chi connectivity index (χ2n) is 4.53. The lowest BCUT2D eigenvalue weighted by atomic mass is 10.3. The number of aromatic nitrogens is 2. The van der Waals surface area contributed by atoms with E-state index in [0.717, 1.165) is 17.0 Å². The van der Waals surface area contributed by atoms with Gasteiger partial charge in [-0.2, -0.15) is 5.26 Å². The average molecular weight is 278 g/mol. The van der Waals surface area contributed by atoms with Crippen LogP contribution in [-0.2, 0) is 6.54 Å². The lowest BCUT2D eigenvalue weighted by Crippen LogP contribution is -2.00. The Balaban J connectivity index is 1.68. The fourth-order valence-electron chi connectivity index (χ4n) is 2.08. The Morgan fingerprint density at radius 1 is 1.24 bits per heavy atom. The third-order valence-corrected chi connectivity index (χ3v) is 3.02. The largest absolute Gasteiger partial charge is 0.479 e. The van der Waals surface area contributed by atoms with Crippen LogP contribution in [0.15, 0.2) is 54.9 Å². The molecule has 2 heterocycles. The Morgan fingerprint density at radius 3 is 3.05 bits per heavy atom. The molecule has 0 bridgehead atoms. The molecule has 21 heavy (non-hydrogen) atoms. The van der Waals surface area contributed by atoms with E-state index in [1.54, 1.807) is 0 Å². The summed E-state index contributed by atoms with van der Waals surface area (Å²) in [5.41, 5.74) is 2.83. The van der Waals surface area contributed by atoms with E-state index in [-0.39, 0.29) is 6.61 Å². The predicted octanol–water partition coefficient (Wildman–Crippen LogP) is 2.85. The van der Waals surface area contributed by atoms with Gasteiger partial charge in [0.1, 0.15) is 17.5 Å². The van der Waals surface area contributed by atoms with Crippen molar-refractivity contribution in [2.75, 3.05) is 11.9 Å². The maximum Gasteiger partial charge on any atom is 0.174 e. The van der Waals surface area contributed by atoms with E-state index in [1.807, 2.05) is 65.3 Å². The zero-order valence-electron chi connectivity index (χ0n) is 11.4. The summed E-state index contributed by atoms with van der Waals surface area (Å²) in [4.78, 5) is 4.53. The van der Waals surface area contributed by atoms with Crippen LogP contribution in [0.3, 0.4) is 0 Å². The minimum absolute atomic E-state index is 0.0515. The number of benzene rings is 1. The lowest BCUT2D eigenvalue weighted by Gasteiger charge is -2.07. The number of hydrogen-bond acceptors (Lipinski definition) is 4. The normalized spacial score (nSPS) is 10.2. The van der Waals surface area contributed by atoms with Crippen LogP contribution in [0.2, 0.25) is 0 Å². The number of imidazole rings is 1. The van der Waals surface area contributed by atoms with E-state index in [4.69, 9.17) is 10.00 Å². The number of hydrogen-bond donors (Lipinski definition) is 1. The second-order valence-corrected chi connectivity index (χ2v) is 4.53. The van der Waals surface area contributed by atoms with Gasteiger partial charge in [-0.1, -0.05) is 12.1 Å². The first-order valence-corrected chi connectivity index (χ1v) is 6.61. The van der Waals surface area contributed by atoms with Gasteiger partial charge in [0.05, 0.1) is 12.2 Å². The van der Waals surface area contributed by atoms with E-state index in [9.17, 15) is 0 Å². The van der Waals surface area contributed by atoms with Gasteiger partial charge in [-0.3, -0.25) is 0 Å². The zero-order valence-corrected chi connectivity index (χ0v) is 11.4. The fourth-order valence-corrected chi connectivity index (χ4v) is 2.08. The summed E-state index contributed by atoms with van der Waals surface area (Å²) < 4.78 is 7.26. The summed E-state index contributed by atoms with van der Waals surface area (Å²) in [6, 6.07) is 15.4. The molecule has 3 rings (SSSR count). The molecule has 0 aliphatic rings.